The number of hydrogen-bond acceptors (Lipinski definition) is 4. The zero-order chi connectivity index (χ0) is 19.7. The molecule has 1 fully saturated rings. The van der Waals surface area contributed by atoms with Crippen molar-refractivity contribution < 1.29 is 9.59 Å². The molecular formula is C22H26N4O2. The molecule has 0 N–H and O–H groups in total. The Morgan fingerprint density at radius 1 is 1.14 bits per heavy atom. The lowest BCUT2D eigenvalue weighted by Gasteiger charge is -2.27. The molecule has 0 bridgehead atoms. The first-order chi connectivity index (χ1) is 13.5. The van der Waals surface area contributed by atoms with Crippen LogP contribution in [0, 0.1) is 6.92 Å². The van der Waals surface area contributed by atoms with E-state index in [2.05, 4.69) is 4.98 Å². The number of likely N-dealkylation sites (tertiary alicyclic amines) is 1. The van der Waals surface area contributed by atoms with Crippen molar-refractivity contribution in [2.45, 2.75) is 45.6 Å². The minimum Gasteiger partial charge on any atom is -0.342 e. The number of carbonyl (C=O) groups is 2. The predicted octanol–water partition coefficient (Wildman–Crippen LogP) is 2.25. The minimum atomic E-state index is 0.0910. The van der Waals surface area contributed by atoms with E-state index in [0.717, 1.165) is 42.0 Å². The first kappa shape index (κ1) is 18.6. The van der Waals surface area contributed by atoms with Gasteiger partial charge in [-0.25, -0.2) is 9.97 Å². The molecule has 2 aliphatic rings. The Kier molecular flexibility index (Phi) is 5.11. The van der Waals surface area contributed by atoms with E-state index in [-0.39, 0.29) is 17.7 Å². The van der Waals surface area contributed by atoms with Gasteiger partial charge in [-0.2, -0.15) is 0 Å². The molecule has 0 aliphatic carbocycles. The molecule has 2 amide bonds. The van der Waals surface area contributed by atoms with E-state index >= 15 is 0 Å². The van der Waals surface area contributed by atoms with Gasteiger partial charge in [-0.1, -0.05) is 29.8 Å². The number of fused-ring (bicyclic) bond motifs is 1. The molecule has 1 atom stereocenters. The maximum atomic E-state index is 12.7. The van der Waals surface area contributed by atoms with Gasteiger partial charge in [-0.05, 0) is 18.9 Å². The molecule has 0 radical (unpaired) electrons. The molecule has 28 heavy (non-hydrogen) atoms. The van der Waals surface area contributed by atoms with E-state index in [1.54, 1.807) is 6.92 Å². The van der Waals surface area contributed by atoms with Gasteiger partial charge in [-0.15, -0.1) is 0 Å². The van der Waals surface area contributed by atoms with Crippen molar-refractivity contribution >= 4 is 11.8 Å². The van der Waals surface area contributed by atoms with Crippen molar-refractivity contribution in [3.63, 3.8) is 0 Å². The summed E-state index contributed by atoms with van der Waals surface area (Å²) in [6.07, 6.45) is 3.98. The summed E-state index contributed by atoms with van der Waals surface area (Å²) in [6, 6.07) is 8.14. The number of nitrogens with zero attached hydrogens (tertiary/aromatic N) is 4. The van der Waals surface area contributed by atoms with Crippen molar-refractivity contribution in [2.24, 2.45) is 0 Å². The molecule has 6 nitrogen and oxygen atoms in total. The second-order valence-corrected chi connectivity index (χ2v) is 7.88. The number of rotatable bonds is 3. The third-order valence-corrected chi connectivity index (χ3v) is 5.78. The second kappa shape index (κ2) is 7.70. The van der Waals surface area contributed by atoms with E-state index in [9.17, 15) is 9.59 Å². The van der Waals surface area contributed by atoms with Crippen molar-refractivity contribution in [1.82, 2.24) is 19.8 Å². The highest BCUT2D eigenvalue weighted by molar-refractivity contribution is 5.79. The summed E-state index contributed by atoms with van der Waals surface area (Å²) in [5.41, 5.74) is 4.34. The largest absolute Gasteiger partial charge is 0.342 e. The number of aryl methyl sites for hydroxylation is 1. The highest BCUT2D eigenvalue weighted by Crippen LogP contribution is 2.27. The quantitative estimate of drug-likeness (QED) is 0.822. The summed E-state index contributed by atoms with van der Waals surface area (Å²) in [5.74, 6) is 1.29. The van der Waals surface area contributed by atoms with Crippen LogP contribution in [0.4, 0.5) is 0 Å². The van der Waals surface area contributed by atoms with Gasteiger partial charge >= 0.3 is 0 Å². The topological polar surface area (TPSA) is 66.4 Å². The fraction of sp³-hybridized carbons (Fsp3) is 0.455. The lowest BCUT2D eigenvalue weighted by atomic mass is 10.0. The van der Waals surface area contributed by atoms with Gasteiger partial charge < -0.3 is 9.80 Å². The van der Waals surface area contributed by atoms with Crippen LogP contribution < -0.4 is 0 Å². The molecule has 6 heteroatoms. The smallest absolute Gasteiger partial charge is 0.227 e. The molecule has 1 unspecified atom stereocenters. The van der Waals surface area contributed by atoms with Crippen molar-refractivity contribution in [2.75, 3.05) is 19.6 Å². The molecule has 4 rings (SSSR count). The molecule has 146 valence electrons. The van der Waals surface area contributed by atoms with E-state index in [4.69, 9.17) is 4.98 Å². The number of benzene rings is 1. The van der Waals surface area contributed by atoms with E-state index in [1.807, 2.05) is 47.2 Å². The molecule has 1 saturated heterocycles. The number of carbonyl (C=O) groups excluding carboxylic acids is 2. The van der Waals surface area contributed by atoms with E-state index in [1.165, 1.54) is 5.56 Å². The number of amides is 2. The van der Waals surface area contributed by atoms with E-state index < -0.39 is 0 Å². The predicted molar refractivity (Wildman–Crippen MR) is 106 cm³/mol. The second-order valence-electron chi connectivity index (χ2n) is 7.88. The highest BCUT2D eigenvalue weighted by Gasteiger charge is 2.30. The third kappa shape index (κ3) is 3.91. The molecule has 0 spiro atoms. The fourth-order valence-corrected chi connectivity index (χ4v) is 3.99. The van der Waals surface area contributed by atoms with Gasteiger partial charge in [-0.3, -0.25) is 9.59 Å². The average molecular weight is 378 g/mol. The number of aromatic nitrogens is 2. The molecule has 2 aliphatic heterocycles. The molecular weight excluding hydrogens is 352 g/mol. The molecule has 1 aromatic heterocycles. The molecule has 3 heterocycles. The Labute approximate surface area is 165 Å². The SMILES string of the molecule is CC(=O)N1CCc2nc(C3CCN(C(=O)Cc4ccc(C)cc4)C3)ncc2C1. The fourth-order valence-electron chi connectivity index (χ4n) is 3.99. The van der Waals surface area contributed by atoms with Gasteiger partial charge in [0, 0.05) is 57.2 Å². The van der Waals surface area contributed by atoms with Crippen molar-refractivity contribution in [3.05, 3.63) is 58.7 Å². The standard InChI is InChI=1S/C22H26N4O2/c1-15-3-5-17(6-4-15)11-21(28)26-9-7-18(13-26)22-23-12-19-14-25(16(2)27)10-8-20(19)24-22/h3-6,12,18H,7-11,13-14H2,1-2H3. The Hall–Kier alpha value is -2.76. The van der Waals surface area contributed by atoms with Crippen LogP contribution in [0.1, 0.15) is 47.5 Å². The van der Waals surface area contributed by atoms with E-state index in [0.29, 0.717) is 26.1 Å². The lowest BCUT2D eigenvalue weighted by Crippen LogP contribution is -2.35. The van der Waals surface area contributed by atoms with Gasteiger partial charge in [0.05, 0.1) is 12.1 Å². The van der Waals surface area contributed by atoms with Crippen LogP contribution in [0.3, 0.4) is 0 Å². The van der Waals surface area contributed by atoms with Gasteiger partial charge in [0.15, 0.2) is 0 Å². The van der Waals surface area contributed by atoms with Crippen LogP contribution in [0.25, 0.3) is 0 Å². The maximum Gasteiger partial charge on any atom is 0.227 e. The summed E-state index contributed by atoms with van der Waals surface area (Å²) >= 11 is 0. The van der Waals surface area contributed by atoms with Gasteiger partial charge in [0.25, 0.3) is 0 Å². The number of hydrogen-bond donors (Lipinski definition) is 0. The zero-order valence-corrected chi connectivity index (χ0v) is 16.5. The summed E-state index contributed by atoms with van der Waals surface area (Å²) in [4.78, 5) is 37.4. The van der Waals surface area contributed by atoms with Crippen LogP contribution >= 0.6 is 0 Å². The van der Waals surface area contributed by atoms with Crippen LogP contribution in [-0.4, -0.2) is 51.2 Å². The van der Waals surface area contributed by atoms with Gasteiger partial charge in [0.2, 0.25) is 11.8 Å². The highest BCUT2D eigenvalue weighted by atomic mass is 16.2. The maximum absolute atomic E-state index is 12.7. The monoisotopic (exact) mass is 378 g/mol. The summed E-state index contributed by atoms with van der Waals surface area (Å²) in [6.45, 7) is 6.40. The Balaban J connectivity index is 1.39. The minimum absolute atomic E-state index is 0.0910. The van der Waals surface area contributed by atoms with Crippen LogP contribution in [0.5, 0.6) is 0 Å². The van der Waals surface area contributed by atoms with Crippen LogP contribution in [0.2, 0.25) is 0 Å². The summed E-state index contributed by atoms with van der Waals surface area (Å²) < 4.78 is 0. The Morgan fingerprint density at radius 2 is 1.93 bits per heavy atom. The Morgan fingerprint density at radius 3 is 2.68 bits per heavy atom. The molecule has 1 aromatic carbocycles. The van der Waals surface area contributed by atoms with Gasteiger partial charge in [0.1, 0.15) is 5.82 Å². The summed E-state index contributed by atoms with van der Waals surface area (Å²) in [7, 11) is 0. The first-order valence-corrected chi connectivity index (χ1v) is 9.93. The molecule has 2 aromatic rings. The van der Waals surface area contributed by atoms with Crippen molar-refractivity contribution in [1.29, 1.82) is 0 Å². The zero-order valence-electron chi connectivity index (χ0n) is 16.5. The van der Waals surface area contributed by atoms with Crippen molar-refractivity contribution in [3.8, 4) is 0 Å². The Bertz CT molecular complexity index is 894. The average Bonchev–Trinajstić information content (AvgIpc) is 3.19. The lowest BCUT2D eigenvalue weighted by molar-refractivity contribution is -0.130. The van der Waals surface area contributed by atoms with Crippen LogP contribution in [-0.2, 0) is 29.0 Å². The first-order valence-electron chi connectivity index (χ1n) is 9.93. The normalized spacial score (nSPS) is 18.9. The van der Waals surface area contributed by atoms with Crippen LogP contribution in [0.15, 0.2) is 30.5 Å². The summed E-state index contributed by atoms with van der Waals surface area (Å²) in [5, 5.41) is 0. The molecule has 0 saturated carbocycles. The third-order valence-electron chi connectivity index (χ3n) is 5.78.